The van der Waals surface area contributed by atoms with Crippen LogP contribution in [0.25, 0.3) is 22.2 Å². The zero-order chi connectivity index (χ0) is 15.0. The summed E-state index contributed by atoms with van der Waals surface area (Å²) in [5, 5.41) is 17.2. The number of benzene rings is 2. The second-order valence-electron chi connectivity index (χ2n) is 5.08. The number of aromatic nitrogens is 2. The lowest BCUT2D eigenvalue weighted by atomic mass is 10.1. The minimum Gasteiger partial charge on any atom is -0.478 e. The van der Waals surface area contributed by atoms with E-state index < -0.39 is 5.97 Å². The first-order valence-corrected chi connectivity index (χ1v) is 6.55. The number of fused-ring (bicyclic) bond motifs is 1. The summed E-state index contributed by atoms with van der Waals surface area (Å²) in [6.07, 6.45) is 0. The minimum absolute atomic E-state index is 0.259. The predicted molar refractivity (Wildman–Crippen MR) is 82.8 cm³/mol. The molecular weight excluding hydrogens is 266 g/mol. The standard InChI is InChI=1S/C16H15N3O2/c1-19(2)12-6-3-10(4-7-12)15-13-9-11(16(20)21)5-8-14(13)17-18-15/h3-9H,1-2H3,(H,17,18)(H,20,21). The Labute approximate surface area is 121 Å². The van der Waals surface area contributed by atoms with Gasteiger partial charge in [0, 0.05) is 30.7 Å². The van der Waals surface area contributed by atoms with Gasteiger partial charge in [-0.3, -0.25) is 5.10 Å². The zero-order valence-corrected chi connectivity index (χ0v) is 11.8. The molecule has 0 aliphatic rings. The molecule has 0 amide bonds. The minimum atomic E-state index is -0.938. The van der Waals surface area contributed by atoms with Gasteiger partial charge in [0.05, 0.1) is 16.8 Å². The summed E-state index contributed by atoms with van der Waals surface area (Å²) in [5.74, 6) is -0.938. The molecule has 0 bridgehead atoms. The highest BCUT2D eigenvalue weighted by Gasteiger charge is 2.11. The summed E-state index contributed by atoms with van der Waals surface area (Å²) in [5.41, 5.74) is 3.90. The average Bonchev–Trinajstić information content (AvgIpc) is 2.90. The van der Waals surface area contributed by atoms with Crippen molar-refractivity contribution in [1.82, 2.24) is 10.2 Å². The maximum absolute atomic E-state index is 11.1. The van der Waals surface area contributed by atoms with Crippen LogP contribution >= 0.6 is 0 Å². The number of hydrogen-bond donors (Lipinski definition) is 2. The number of carbonyl (C=O) groups is 1. The summed E-state index contributed by atoms with van der Waals surface area (Å²) in [4.78, 5) is 13.1. The van der Waals surface area contributed by atoms with Crippen molar-refractivity contribution in [1.29, 1.82) is 0 Å². The Morgan fingerprint density at radius 1 is 1.14 bits per heavy atom. The van der Waals surface area contributed by atoms with Crippen LogP contribution in [0.15, 0.2) is 42.5 Å². The molecule has 2 aromatic carbocycles. The number of carboxylic acid groups (broad SMARTS) is 1. The summed E-state index contributed by atoms with van der Waals surface area (Å²) >= 11 is 0. The van der Waals surface area contributed by atoms with Crippen LogP contribution in [0.3, 0.4) is 0 Å². The third-order valence-corrected chi connectivity index (χ3v) is 3.47. The zero-order valence-electron chi connectivity index (χ0n) is 11.8. The van der Waals surface area contributed by atoms with E-state index in [1.807, 2.05) is 43.3 Å². The molecule has 3 rings (SSSR count). The van der Waals surface area contributed by atoms with Crippen LogP contribution in [-0.2, 0) is 0 Å². The van der Waals surface area contributed by atoms with Crippen LogP contribution in [-0.4, -0.2) is 35.4 Å². The van der Waals surface area contributed by atoms with Crippen LogP contribution in [0.4, 0.5) is 5.69 Å². The van der Waals surface area contributed by atoms with E-state index in [-0.39, 0.29) is 5.56 Å². The number of anilines is 1. The Morgan fingerprint density at radius 3 is 2.48 bits per heavy atom. The van der Waals surface area contributed by atoms with Gasteiger partial charge in [0.2, 0.25) is 0 Å². The molecule has 5 nitrogen and oxygen atoms in total. The van der Waals surface area contributed by atoms with Crippen LogP contribution in [0.5, 0.6) is 0 Å². The van der Waals surface area contributed by atoms with Gasteiger partial charge in [-0.05, 0) is 30.3 Å². The van der Waals surface area contributed by atoms with Gasteiger partial charge < -0.3 is 10.0 Å². The fourth-order valence-electron chi connectivity index (χ4n) is 2.28. The highest BCUT2D eigenvalue weighted by atomic mass is 16.4. The highest BCUT2D eigenvalue weighted by Crippen LogP contribution is 2.28. The number of aromatic amines is 1. The van der Waals surface area contributed by atoms with Crippen molar-refractivity contribution in [2.45, 2.75) is 0 Å². The van der Waals surface area contributed by atoms with Crippen molar-refractivity contribution >= 4 is 22.6 Å². The summed E-state index contributed by atoms with van der Waals surface area (Å²) in [6, 6.07) is 13.0. The molecule has 1 heterocycles. The molecule has 0 atom stereocenters. The normalized spacial score (nSPS) is 10.8. The van der Waals surface area contributed by atoms with Crippen LogP contribution in [0.2, 0.25) is 0 Å². The number of H-pyrrole nitrogens is 1. The first kappa shape index (κ1) is 13.2. The number of nitrogens with zero attached hydrogens (tertiary/aromatic N) is 2. The second kappa shape index (κ2) is 4.94. The van der Waals surface area contributed by atoms with Crippen molar-refractivity contribution in [3.63, 3.8) is 0 Å². The quantitative estimate of drug-likeness (QED) is 0.774. The molecule has 0 aliphatic carbocycles. The number of aromatic carboxylic acids is 1. The summed E-state index contributed by atoms with van der Waals surface area (Å²) < 4.78 is 0. The van der Waals surface area contributed by atoms with E-state index in [2.05, 4.69) is 10.2 Å². The molecule has 0 unspecified atom stereocenters. The second-order valence-corrected chi connectivity index (χ2v) is 5.08. The molecule has 3 aromatic rings. The van der Waals surface area contributed by atoms with Crippen molar-refractivity contribution in [3.05, 3.63) is 48.0 Å². The lowest BCUT2D eigenvalue weighted by molar-refractivity contribution is 0.0697. The van der Waals surface area contributed by atoms with E-state index in [1.165, 1.54) is 0 Å². The Hall–Kier alpha value is -2.82. The molecule has 0 fully saturated rings. The molecule has 106 valence electrons. The van der Waals surface area contributed by atoms with Gasteiger partial charge in [-0.1, -0.05) is 12.1 Å². The topological polar surface area (TPSA) is 69.2 Å². The fraction of sp³-hybridized carbons (Fsp3) is 0.125. The maximum Gasteiger partial charge on any atom is 0.335 e. The van der Waals surface area contributed by atoms with Gasteiger partial charge in [-0.2, -0.15) is 5.10 Å². The van der Waals surface area contributed by atoms with Crippen molar-refractivity contribution in [3.8, 4) is 11.3 Å². The van der Waals surface area contributed by atoms with E-state index in [0.717, 1.165) is 27.8 Å². The first-order valence-electron chi connectivity index (χ1n) is 6.55. The van der Waals surface area contributed by atoms with Crippen molar-refractivity contribution < 1.29 is 9.90 Å². The summed E-state index contributed by atoms with van der Waals surface area (Å²) in [6.45, 7) is 0. The van der Waals surface area contributed by atoms with Crippen LogP contribution in [0, 0.1) is 0 Å². The lowest BCUT2D eigenvalue weighted by Crippen LogP contribution is -2.07. The fourth-order valence-corrected chi connectivity index (χ4v) is 2.28. The van der Waals surface area contributed by atoms with Crippen molar-refractivity contribution in [2.75, 3.05) is 19.0 Å². The van der Waals surface area contributed by atoms with Gasteiger partial charge in [-0.15, -0.1) is 0 Å². The number of rotatable bonds is 3. The molecule has 0 radical (unpaired) electrons. The van der Waals surface area contributed by atoms with E-state index in [9.17, 15) is 4.79 Å². The van der Waals surface area contributed by atoms with E-state index in [0.29, 0.717) is 0 Å². The molecule has 1 aromatic heterocycles. The van der Waals surface area contributed by atoms with Gasteiger partial charge >= 0.3 is 5.97 Å². The van der Waals surface area contributed by atoms with Crippen LogP contribution < -0.4 is 4.90 Å². The summed E-state index contributed by atoms with van der Waals surface area (Å²) in [7, 11) is 3.97. The molecule has 0 saturated carbocycles. The molecule has 2 N–H and O–H groups in total. The Balaban J connectivity index is 2.11. The average molecular weight is 281 g/mol. The molecule has 21 heavy (non-hydrogen) atoms. The monoisotopic (exact) mass is 281 g/mol. The van der Waals surface area contributed by atoms with Gasteiger partial charge in [0.1, 0.15) is 0 Å². The molecular formula is C16H15N3O2. The van der Waals surface area contributed by atoms with E-state index in [1.54, 1.807) is 18.2 Å². The smallest absolute Gasteiger partial charge is 0.335 e. The van der Waals surface area contributed by atoms with Gasteiger partial charge in [0.25, 0.3) is 0 Å². The highest BCUT2D eigenvalue weighted by molar-refractivity contribution is 5.98. The first-order chi connectivity index (χ1) is 10.1. The number of nitrogens with one attached hydrogen (secondary N) is 1. The maximum atomic E-state index is 11.1. The van der Waals surface area contributed by atoms with Crippen LogP contribution in [0.1, 0.15) is 10.4 Å². The number of hydrogen-bond acceptors (Lipinski definition) is 3. The lowest BCUT2D eigenvalue weighted by Gasteiger charge is -2.12. The molecule has 5 heteroatoms. The molecule has 0 aliphatic heterocycles. The van der Waals surface area contributed by atoms with Gasteiger partial charge in [-0.25, -0.2) is 4.79 Å². The predicted octanol–water partition coefficient (Wildman–Crippen LogP) is 2.99. The third kappa shape index (κ3) is 2.33. The Bertz CT molecular complexity index is 804. The largest absolute Gasteiger partial charge is 0.478 e. The molecule has 0 spiro atoms. The Morgan fingerprint density at radius 2 is 1.86 bits per heavy atom. The van der Waals surface area contributed by atoms with E-state index >= 15 is 0 Å². The van der Waals surface area contributed by atoms with Crippen molar-refractivity contribution in [2.24, 2.45) is 0 Å². The Kier molecular flexibility index (Phi) is 3.10. The number of carboxylic acids is 1. The van der Waals surface area contributed by atoms with Gasteiger partial charge in [0.15, 0.2) is 0 Å². The van der Waals surface area contributed by atoms with E-state index in [4.69, 9.17) is 5.11 Å². The third-order valence-electron chi connectivity index (χ3n) is 3.47. The SMILES string of the molecule is CN(C)c1ccc(-c2n[nH]c3ccc(C(=O)O)cc23)cc1. The molecule has 0 saturated heterocycles.